The van der Waals surface area contributed by atoms with E-state index in [0.29, 0.717) is 28.0 Å². The van der Waals surface area contributed by atoms with Gasteiger partial charge < -0.3 is 5.32 Å². The van der Waals surface area contributed by atoms with Crippen LogP contribution in [-0.4, -0.2) is 31.9 Å². The summed E-state index contributed by atoms with van der Waals surface area (Å²) in [5.74, 6) is 0.510. The number of hydrogen-bond acceptors (Lipinski definition) is 5. The van der Waals surface area contributed by atoms with Crippen molar-refractivity contribution in [2.24, 2.45) is 0 Å². The summed E-state index contributed by atoms with van der Waals surface area (Å²) < 4.78 is 1.57. The van der Waals surface area contributed by atoms with E-state index in [1.165, 1.54) is 11.8 Å². The summed E-state index contributed by atoms with van der Waals surface area (Å²) in [5.41, 5.74) is 2.65. The predicted octanol–water partition coefficient (Wildman–Crippen LogP) is 3.75. The second-order valence-corrected chi connectivity index (χ2v) is 6.81. The van der Waals surface area contributed by atoms with Gasteiger partial charge in [-0.15, -0.1) is 5.10 Å². The van der Waals surface area contributed by atoms with Crippen LogP contribution in [0.3, 0.4) is 0 Å². The minimum atomic E-state index is -0.0480. The fourth-order valence-corrected chi connectivity index (χ4v) is 3.18. The Morgan fingerprint density at radius 3 is 2.72 bits per heavy atom. The summed E-state index contributed by atoms with van der Waals surface area (Å²) >= 11 is 7.59. The Labute approximate surface area is 154 Å². The first-order valence-corrected chi connectivity index (χ1v) is 9.02. The third kappa shape index (κ3) is 4.58. The van der Waals surface area contributed by atoms with Gasteiger partial charge in [0.05, 0.1) is 10.7 Å². The monoisotopic (exact) mass is 373 g/mol. The maximum Gasteiger partial charge on any atom is 0.225 e. The molecule has 0 unspecified atom stereocenters. The number of nitrogens with one attached hydrogen (secondary N) is 1. The van der Waals surface area contributed by atoms with Gasteiger partial charge in [0.2, 0.25) is 11.1 Å². The Hall–Kier alpha value is -2.38. The van der Waals surface area contributed by atoms with Crippen LogP contribution in [0, 0.1) is 6.92 Å². The van der Waals surface area contributed by atoms with Crippen molar-refractivity contribution in [3.05, 3.63) is 59.1 Å². The van der Waals surface area contributed by atoms with Crippen LogP contribution in [0.2, 0.25) is 5.02 Å². The van der Waals surface area contributed by atoms with Gasteiger partial charge in [-0.1, -0.05) is 53.2 Å². The van der Waals surface area contributed by atoms with E-state index in [4.69, 9.17) is 11.6 Å². The maximum atomic E-state index is 12.0. The zero-order valence-electron chi connectivity index (χ0n) is 13.5. The molecule has 0 atom stereocenters. The third-order valence-electron chi connectivity index (χ3n) is 3.42. The lowest BCUT2D eigenvalue weighted by molar-refractivity contribution is -0.115. The molecule has 2 aromatic carbocycles. The van der Waals surface area contributed by atoms with E-state index in [1.54, 1.807) is 10.7 Å². The second-order valence-electron chi connectivity index (χ2n) is 5.34. The zero-order chi connectivity index (χ0) is 17.6. The summed E-state index contributed by atoms with van der Waals surface area (Å²) in [7, 11) is 0. The Bertz CT molecular complexity index is 865. The molecule has 0 bridgehead atoms. The lowest BCUT2D eigenvalue weighted by atomic mass is 10.2. The number of aromatic nitrogens is 4. The Kier molecular flexibility index (Phi) is 5.67. The number of thioether (sulfide) groups is 1. The molecule has 0 aliphatic heterocycles. The van der Waals surface area contributed by atoms with Crippen molar-refractivity contribution in [3.63, 3.8) is 0 Å². The molecule has 0 fully saturated rings. The minimum absolute atomic E-state index is 0.0480. The van der Waals surface area contributed by atoms with Gasteiger partial charge in [0, 0.05) is 17.9 Å². The van der Waals surface area contributed by atoms with Crippen molar-refractivity contribution in [2.75, 3.05) is 11.1 Å². The molecule has 128 valence electrons. The van der Waals surface area contributed by atoms with Gasteiger partial charge >= 0.3 is 0 Å². The van der Waals surface area contributed by atoms with Crippen molar-refractivity contribution in [1.29, 1.82) is 0 Å². The molecule has 3 aromatic rings. The van der Waals surface area contributed by atoms with E-state index in [2.05, 4.69) is 20.8 Å². The number of para-hydroxylation sites is 1. The van der Waals surface area contributed by atoms with Crippen molar-refractivity contribution in [1.82, 2.24) is 20.2 Å². The van der Waals surface area contributed by atoms with Crippen molar-refractivity contribution >= 4 is 35.0 Å². The van der Waals surface area contributed by atoms with Gasteiger partial charge in [0.25, 0.3) is 0 Å². The minimum Gasteiger partial charge on any atom is -0.326 e. The number of aryl methyl sites for hydroxylation is 1. The van der Waals surface area contributed by atoms with Crippen LogP contribution in [0.25, 0.3) is 5.69 Å². The van der Waals surface area contributed by atoms with Gasteiger partial charge in [0.15, 0.2) is 0 Å². The number of benzene rings is 2. The van der Waals surface area contributed by atoms with E-state index in [0.717, 1.165) is 11.3 Å². The molecule has 6 nitrogen and oxygen atoms in total. The molecule has 0 spiro atoms. The first-order chi connectivity index (χ1) is 12.1. The number of hydrogen-bond donors (Lipinski definition) is 1. The van der Waals surface area contributed by atoms with E-state index in [1.807, 2.05) is 49.4 Å². The summed E-state index contributed by atoms with van der Waals surface area (Å²) in [6.45, 7) is 2.01. The normalized spacial score (nSPS) is 10.6. The van der Waals surface area contributed by atoms with E-state index < -0.39 is 0 Å². The lowest BCUT2D eigenvalue weighted by Gasteiger charge is -2.07. The number of rotatable bonds is 6. The van der Waals surface area contributed by atoms with Crippen molar-refractivity contribution in [3.8, 4) is 5.69 Å². The molecule has 1 amide bonds. The average Bonchev–Trinajstić information content (AvgIpc) is 3.06. The SMILES string of the molecule is Cc1ccc(NC(=O)CCSc2nnnn2-c2ccccc2Cl)cc1. The fourth-order valence-electron chi connectivity index (χ4n) is 2.14. The van der Waals surface area contributed by atoms with Crippen LogP contribution in [0.5, 0.6) is 0 Å². The number of carbonyl (C=O) groups excluding carboxylic acids is 1. The molecular weight excluding hydrogens is 358 g/mol. The molecule has 0 saturated heterocycles. The van der Waals surface area contributed by atoms with Crippen molar-refractivity contribution in [2.45, 2.75) is 18.5 Å². The molecule has 8 heteroatoms. The van der Waals surface area contributed by atoms with Crippen LogP contribution in [-0.2, 0) is 4.79 Å². The lowest BCUT2D eigenvalue weighted by Crippen LogP contribution is -2.12. The van der Waals surface area contributed by atoms with Crippen molar-refractivity contribution < 1.29 is 4.79 Å². The summed E-state index contributed by atoms with van der Waals surface area (Å²) in [6.07, 6.45) is 0.355. The number of amides is 1. The van der Waals surface area contributed by atoms with E-state index in [-0.39, 0.29) is 5.91 Å². The Morgan fingerprint density at radius 1 is 1.20 bits per heavy atom. The molecule has 0 aliphatic rings. The quantitative estimate of drug-likeness (QED) is 0.666. The molecule has 0 radical (unpaired) electrons. The highest BCUT2D eigenvalue weighted by molar-refractivity contribution is 7.99. The summed E-state index contributed by atoms with van der Waals surface area (Å²) in [5, 5.41) is 15.7. The zero-order valence-corrected chi connectivity index (χ0v) is 15.1. The highest BCUT2D eigenvalue weighted by atomic mass is 35.5. The number of nitrogens with zero attached hydrogens (tertiary/aromatic N) is 4. The maximum absolute atomic E-state index is 12.0. The van der Waals surface area contributed by atoms with Crippen LogP contribution in [0.4, 0.5) is 5.69 Å². The Balaban J connectivity index is 1.56. The van der Waals surface area contributed by atoms with Gasteiger partial charge in [-0.3, -0.25) is 4.79 Å². The number of carbonyl (C=O) groups is 1. The first kappa shape index (κ1) is 17.4. The second kappa shape index (κ2) is 8.13. The van der Waals surface area contributed by atoms with Crippen LogP contribution < -0.4 is 5.32 Å². The molecule has 0 saturated carbocycles. The standard InChI is InChI=1S/C17H16ClN5OS/c1-12-6-8-13(9-7-12)19-16(24)10-11-25-17-20-21-22-23(17)15-5-3-2-4-14(15)18/h2-9H,10-11H2,1H3,(H,19,24). The fraction of sp³-hybridized carbons (Fsp3) is 0.176. The topological polar surface area (TPSA) is 72.7 Å². The van der Waals surface area contributed by atoms with E-state index in [9.17, 15) is 4.79 Å². The third-order valence-corrected chi connectivity index (χ3v) is 4.66. The highest BCUT2D eigenvalue weighted by Gasteiger charge is 2.12. The van der Waals surface area contributed by atoms with Gasteiger partial charge in [-0.2, -0.15) is 4.68 Å². The Morgan fingerprint density at radius 2 is 1.96 bits per heavy atom. The highest BCUT2D eigenvalue weighted by Crippen LogP contribution is 2.24. The number of halogens is 1. The number of tetrazole rings is 1. The van der Waals surface area contributed by atoms with Crippen LogP contribution in [0.15, 0.2) is 53.7 Å². The molecule has 0 aliphatic carbocycles. The van der Waals surface area contributed by atoms with E-state index >= 15 is 0 Å². The molecule has 3 rings (SSSR count). The number of anilines is 1. The summed E-state index contributed by atoms with van der Waals surface area (Å²) in [4.78, 5) is 12.0. The van der Waals surface area contributed by atoms with Gasteiger partial charge in [-0.25, -0.2) is 0 Å². The van der Waals surface area contributed by atoms with Crippen LogP contribution >= 0.6 is 23.4 Å². The van der Waals surface area contributed by atoms with Gasteiger partial charge in [-0.05, 0) is 41.6 Å². The molecule has 1 heterocycles. The van der Waals surface area contributed by atoms with Crippen LogP contribution in [0.1, 0.15) is 12.0 Å². The molecule has 25 heavy (non-hydrogen) atoms. The average molecular weight is 374 g/mol. The predicted molar refractivity (Wildman–Crippen MR) is 99.3 cm³/mol. The molecule has 1 N–H and O–H groups in total. The summed E-state index contributed by atoms with van der Waals surface area (Å²) in [6, 6.07) is 15.0. The molecule has 1 aromatic heterocycles. The largest absolute Gasteiger partial charge is 0.326 e. The smallest absolute Gasteiger partial charge is 0.225 e. The van der Waals surface area contributed by atoms with Gasteiger partial charge in [0.1, 0.15) is 0 Å². The first-order valence-electron chi connectivity index (χ1n) is 7.66. The molecular formula is C17H16ClN5OS.